The zero-order valence-electron chi connectivity index (χ0n) is 13.0. The maximum atomic E-state index is 6.18. The van der Waals surface area contributed by atoms with Gasteiger partial charge in [-0.15, -0.1) is 0 Å². The van der Waals surface area contributed by atoms with Crippen molar-refractivity contribution >= 4 is 44.5 Å². The molecule has 1 heterocycles. The third-order valence-electron chi connectivity index (χ3n) is 5.15. The lowest BCUT2D eigenvalue weighted by molar-refractivity contribution is 0.656. The molecule has 2 heteroatoms. The Bertz CT molecular complexity index is 1100. The van der Waals surface area contributed by atoms with Crippen molar-refractivity contribution in [2.24, 2.45) is 0 Å². The van der Waals surface area contributed by atoms with Crippen LogP contribution in [0.3, 0.4) is 0 Å². The molecule has 0 bridgehead atoms. The molecule has 0 fully saturated rings. The van der Waals surface area contributed by atoms with Crippen molar-refractivity contribution in [2.75, 3.05) is 0 Å². The molecule has 0 aliphatic heterocycles. The van der Waals surface area contributed by atoms with Crippen molar-refractivity contribution in [2.45, 2.75) is 19.3 Å². The van der Waals surface area contributed by atoms with Crippen LogP contribution in [-0.2, 0) is 5.41 Å². The van der Waals surface area contributed by atoms with Crippen LogP contribution in [0.15, 0.2) is 59.0 Å². The van der Waals surface area contributed by atoms with Crippen molar-refractivity contribution in [1.82, 2.24) is 0 Å². The second-order valence-electron chi connectivity index (χ2n) is 6.76. The summed E-state index contributed by atoms with van der Waals surface area (Å²) in [5, 5.41) is 2.43. The first-order chi connectivity index (χ1) is 11.1. The maximum absolute atomic E-state index is 6.18. The van der Waals surface area contributed by atoms with Gasteiger partial charge in [-0.25, -0.2) is 0 Å². The van der Waals surface area contributed by atoms with Crippen LogP contribution >= 0.6 is 22.6 Å². The van der Waals surface area contributed by atoms with Crippen LogP contribution in [0, 0.1) is 3.57 Å². The standard InChI is InChI=1S/C21H15IO/c1-21(2)15-9-5-3-8-13(15)18-16(21)11-14-12-7-4-6-10-17(12)23-20(14)19(18)22/h3-11H,1-2H3. The Morgan fingerprint density at radius 3 is 2.48 bits per heavy atom. The number of rotatable bonds is 0. The SMILES string of the molecule is CC1(C)c2ccccc2-c2c1cc1c(oc3ccccc31)c2I. The highest BCUT2D eigenvalue weighted by atomic mass is 127. The van der Waals surface area contributed by atoms with E-state index in [4.69, 9.17) is 4.42 Å². The summed E-state index contributed by atoms with van der Waals surface area (Å²) in [6, 6.07) is 19.4. The van der Waals surface area contributed by atoms with Gasteiger partial charge < -0.3 is 4.42 Å². The van der Waals surface area contributed by atoms with E-state index in [-0.39, 0.29) is 5.41 Å². The Balaban J connectivity index is 2.00. The van der Waals surface area contributed by atoms with Gasteiger partial charge in [-0.05, 0) is 51.4 Å². The molecule has 1 nitrogen and oxygen atoms in total. The van der Waals surface area contributed by atoms with Crippen LogP contribution in [0.4, 0.5) is 0 Å². The normalized spacial score (nSPS) is 15.1. The molecular weight excluding hydrogens is 395 g/mol. The van der Waals surface area contributed by atoms with E-state index in [1.54, 1.807) is 0 Å². The predicted molar refractivity (Wildman–Crippen MR) is 104 cm³/mol. The summed E-state index contributed by atoms with van der Waals surface area (Å²) in [5.41, 5.74) is 7.51. The number of para-hydroxylation sites is 1. The van der Waals surface area contributed by atoms with Gasteiger partial charge in [0.1, 0.15) is 11.2 Å². The molecule has 4 aromatic rings. The fourth-order valence-electron chi connectivity index (χ4n) is 3.97. The van der Waals surface area contributed by atoms with Crippen molar-refractivity contribution in [3.05, 3.63) is 69.3 Å². The zero-order chi connectivity index (χ0) is 15.8. The van der Waals surface area contributed by atoms with Gasteiger partial charge >= 0.3 is 0 Å². The minimum absolute atomic E-state index is 0.0262. The lowest BCUT2D eigenvalue weighted by Crippen LogP contribution is -2.14. The highest BCUT2D eigenvalue weighted by Crippen LogP contribution is 2.52. The van der Waals surface area contributed by atoms with Gasteiger partial charge in [-0.3, -0.25) is 0 Å². The number of benzene rings is 3. The molecule has 1 aromatic heterocycles. The molecule has 3 aromatic carbocycles. The molecule has 0 unspecified atom stereocenters. The lowest BCUT2D eigenvalue weighted by Gasteiger charge is -2.21. The number of halogens is 1. The van der Waals surface area contributed by atoms with Crippen LogP contribution in [0.1, 0.15) is 25.0 Å². The predicted octanol–water partition coefficient (Wildman–Crippen LogP) is 6.50. The highest BCUT2D eigenvalue weighted by molar-refractivity contribution is 14.1. The van der Waals surface area contributed by atoms with Crippen molar-refractivity contribution in [1.29, 1.82) is 0 Å². The van der Waals surface area contributed by atoms with E-state index in [1.807, 2.05) is 6.07 Å². The summed E-state index contributed by atoms with van der Waals surface area (Å²) in [7, 11) is 0. The Labute approximate surface area is 148 Å². The van der Waals surface area contributed by atoms with Gasteiger partial charge in [-0.2, -0.15) is 0 Å². The molecule has 0 atom stereocenters. The Hall–Kier alpha value is -1.81. The molecule has 1 aliphatic rings. The number of furan rings is 1. The van der Waals surface area contributed by atoms with E-state index in [9.17, 15) is 0 Å². The molecule has 0 spiro atoms. The first kappa shape index (κ1) is 13.6. The number of fused-ring (bicyclic) bond motifs is 6. The summed E-state index contributed by atoms with van der Waals surface area (Å²) in [4.78, 5) is 0. The summed E-state index contributed by atoms with van der Waals surface area (Å²) < 4.78 is 7.41. The third-order valence-corrected chi connectivity index (χ3v) is 6.18. The van der Waals surface area contributed by atoms with Gasteiger partial charge in [0.05, 0.1) is 3.57 Å². The van der Waals surface area contributed by atoms with Crippen LogP contribution in [-0.4, -0.2) is 0 Å². The Kier molecular flexibility index (Phi) is 2.59. The molecule has 0 N–H and O–H groups in total. The second kappa shape index (κ2) is 4.38. The van der Waals surface area contributed by atoms with Crippen LogP contribution in [0.25, 0.3) is 33.1 Å². The van der Waals surface area contributed by atoms with E-state index in [0.717, 1.165) is 11.2 Å². The van der Waals surface area contributed by atoms with E-state index < -0.39 is 0 Å². The minimum Gasteiger partial charge on any atom is -0.455 e. The van der Waals surface area contributed by atoms with Crippen molar-refractivity contribution < 1.29 is 4.42 Å². The Morgan fingerprint density at radius 1 is 0.870 bits per heavy atom. The molecule has 112 valence electrons. The molecule has 0 saturated heterocycles. The lowest BCUT2D eigenvalue weighted by atomic mass is 9.82. The topological polar surface area (TPSA) is 13.1 Å². The molecule has 0 amide bonds. The summed E-state index contributed by atoms with van der Waals surface area (Å²) in [6.07, 6.45) is 0. The molecule has 5 rings (SSSR count). The molecule has 23 heavy (non-hydrogen) atoms. The first-order valence-corrected chi connectivity index (χ1v) is 8.91. The zero-order valence-corrected chi connectivity index (χ0v) is 15.1. The van der Waals surface area contributed by atoms with Gasteiger partial charge in [-0.1, -0.05) is 56.3 Å². The van der Waals surface area contributed by atoms with Gasteiger partial charge in [0.25, 0.3) is 0 Å². The van der Waals surface area contributed by atoms with Crippen LogP contribution in [0.2, 0.25) is 0 Å². The van der Waals surface area contributed by atoms with E-state index in [0.29, 0.717) is 0 Å². The third kappa shape index (κ3) is 1.62. The summed E-state index contributed by atoms with van der Waals surface area (Å²) >= 11 is 2.46. The average molecular weight is 410 g/mol. The molecule has 0 saturated carbocycles. The van der Waals surface area contributed by atoms with Crippen LogP contribution < -0.4 is 0 Å². The fourth-order valence-corrected chi connectivity index (χ4v) is 4.95. The number of hydrogen-bond donors (Lipinski definition) is 0. The summed E-state index contributed by atoms with van der Waals surface area (Å²) in [5.74, 6) is 0. The minimum atomic E-state index is 0.0262. The van der Waals surface area contributed by atoms with Crippen LogP contribution in [0.5, 0.6) is 0 Å². The average Bonchev–Trinajstić information content (AvgIpc) is 3.04. The van der Waals surface area contributed by atoms with Gasteiger partial charge in [0, 0.05) is 21.8 Å². The van der Waals surface area contributed by atoms with Crippen molar-refractivity contribution in [3.63, 3.8) is 0 Å². The quantitative estimate of drug-likeness (QED) is 0.302. The number of hydrogen-bond acceptors (Lipinski definition) is 1. The van der Waals surface area contributed by atoms with E-state index in [2.05, 4.69) is 85.0 Å². The van der Waals surface area contributed by atoms with E-state index in [1.165, 1.54) is 36.6 Å². The molecule has 1 aliphatic carbocycles. The van der Waals surface area contributed by atoms with E-state index >= 15 is 0 Å². The fraction of sp³-hybridized carbons (Fsp3) is 0.143. The van der Waals surface area contributed by atoms with Gasteiger partial charge in [0.2, 0.25) is 0 Å². The first-order valence-electron chi connectivity index (χ1n) is 7.83. The smallest absolute Gasteiger partial charge is 0.149 e. The van der Waals surface area contributed by atoms with Crippen molar-refractivity contribution in [3.8, 4) is 11.1 Å². The second-order valence-corrected chi connectivity index (χ2v) is 7.84. The maximum Gasteiger partial charge on any atom is 0.149 e. The Morgan fingerprint density at radius 2 is 1.61 bits per heavy atom. The molecular formula is C21H15IO. The van der Waals surface area contributed by atoms with Gasteiger partial charge in [0.15, 0.2) is 0 Å². The highest BCUT2D eigenvalue weighted by Gasteiger charge is 2.37. The molecule has 0 radical (unpaired) electrons. The summed E-state index contributed by atoms with van der Waals surface area (Å²) in [6.45, 7) is 4.64. The largest absolute Gasteiger partial charge is 0.455 e. The monoisotopic (exact) mass is 410 g/mol.